The summed E-state index contributed by atoms with van der Waals surface area (Å²) in [6, 6.07) is 4.21. The molecule has 3 aromatic heterocycles. The summed E-state index contributed by atoms with van der Waals surface area (Å²) in [5.41, 5.74) is 5.82. The summed E-state index contributed by atoms with van der Waals surface area (Å²) in [5, 5.41) is 5.30. The number of halogens is 2. The van der Waals surface area contributed by atoms with Crippen LogP contribution in [-0.2, 0) is 0 Å². The predicted octanol–water partition coefficient (Wildman–Crippen LogP) is 7.07. The number of aryl methyl sites for hydroxylation is 2. The number of benzene rings is 1. The van der Waals surface area contributed by atoms with Crippen molar-refractivity contribution in [3.63, 3.8) is 0 Å². The van der Waals surface area contributed by atoms with E-state index in [1.165, 1.54) is 22.9 Å². The molecule has 0 atom stereocenters. The van der Waals surface area contributed by atoms with Gasteiger partial charge in [-0.15, -0.1) is 22.7 Å². The van der Waals surface area contributed by atoms with Crippen molar-refractivity contribution in [2.75, 3.05) is 0 Å². The van der Waals surface area contributed by atoms with Gasteiger partial charge in [0.25, 0.3) is 0 Å². The van der Waals surface area contributed by atoms with Crippen LogP contribution in [0.3, 0.4) is 0 Å². The molecule has 3 heterocycles. The lowest BCUT2D eigenvalue weighted by molar-refractivity contribution is 1.54. The Labute approximate surface area is 155 Å². The zero-order valence-corrected chi connectivity index (χ0v) is 16.1. The maximum Gasteiger partial charge on any atom is 0.115 e. The second-order valence-corrected chi connectivity index (χ2v) is 8.42. The third kappa shape index (κ3) is 2.51. The van der Waals surface area contributed by atoms with Gasteiger partial charge in [-0.2, -0.15) is 8.75 Å². The zero-order valence-electron chi connectivity index (χ0n) is 12.2. The Hall–Kier alpha value is -0.980. The lowest BCUT2D eigenvalue weighted by Gasteiger charge is -2.10. The quantitative estimate of drug-likeness (QED) is 0.361. The van der Waals surface area contributed by atoms with E-state index in [2.05, 4.69) is 45.5 Å². The molecule has 0 aliphatic rings. The van der Waals surface area contributed by atoms with Crippen molar-refractivity contribution in [1.29, 1.82) is 0 Å². The smallest absolute Gasteiger partial charge is 0.115 e. The van der Waals surface area contributed by atoms with Gasteiger partial charge in [-0.05, 0) is 47.9 Å². The Balaban J connectivity index is 2.09. The molecule has 7 heteroatoms. The normalized spacial score (nSPS) is 11.5. The molecule has 4 aromatic rings. The summed E-state index contributed by atoms with van der Waals surface area (Å²) >= 11 is 17.8. The third-order valence-corrected chi connectivity index (χ3v) is 7.06. The molecule has 23 heavy (non-hydrogen) atoms. The minimum Gasteiger partial charge on any atom is -0.172 e. The Morgan fingerprint density at radius 1 is 0.783 bits per heavy atom. The predicted molar refractivity (Wildman–Crippen MR) is 104 cm³/mol. The molecule has 0 bridgehead atoms. The second kappa shape index (κ2) is 5.83. The van der Waals surface area contributed by atoms with Crippen LogP contribution in [0.5, 0.6) is 0 Å². The van der Waals surface area contributed by atoms with E-state index in [0.29, 0.717) is 10.0 Å². The molecule has 0 saturated heterocycles. The Bertz CT molecular complexity index is 949. The van der Waals surface area contributed by atoms with E-state index < -0.39 is 0 Å². The standard InChI is InChI=1S/C16H10Cl2N2S3/c1-7-3-9(21-5-7)11-13(17)14(18)12(10-4-8(2)6-22-10)16-15(11)19-23-20-16/h3-6H,1-2H3. The number of hydrogen-bond donors (Lipinski definition) is 0. The molecule has 0 spiro atoms. The molecule has 0 fully saturated rings. The number of thiophene rings is 2. The van der Waals surface area contributed by atoms with E-state index in [4.69, 9.17) is 23.2 Å². The largest absolute Gasteiger partial charge is 0.172 e. The highest BCUT2D eigenvalue weighted by Gasteiger charge is 2.23. The molecular formula is C16H10Cl2N2S3. The summed E-state index contributed by atoms with van der Waals surface area (Å²) in [4.78, 5) is 2.14. The summed E-state index contributed by atoms with van der Waals surface area (Å²) in [5.74, 6) is 0. The first-order valence-corrected chi connectivity index (χ1v) is 10.0. The summed E-state index contributed by atoms with van der Waals surface area (Å²) in [7, 11) is 0. The minimum atomic E-state index is 0.551. The molecule has 2 nitrogen and oxygen atoms in total. The van der Waals surface area contributed by atoms with Crippen molar-refractivity contribution in [2.24, 2.45) is 0 Å². The van der Waals surface area contributed by atoms with E-state index in [1.807, 2.05) is 0 Å². The van der Waals surface area contributed by atoms with Gasteiger partial charge < -0.3 is 0 Å². The lowest BCUT2D eigenvalue weighted by Crippen LogP contribution is -1.87. The van der Waals surface area contributed by atoms with Crippen molar-refractivity contribution in [2.45, 2.75) is 13.8 Å². The molecular weight excluding hydrogens is 387 g/mol. The Morgan fingerprint density at radius 2 is 1.22 bits per heavy atom. The van der Waals surface area contributed by atoms with Crippen molar-refractivity contribution in [3.8, 4) is 20.9 Å². The monoisotopic (exact) mass is 396 g/mol. The van der Waals surface area contributed by atoms with Crippen molar-refractivity contribution >= 4 is 68.6 Å². The highest BCUT2D eigenvalue weighted by Crippen LogP contribution is 2.48. The first-order chi connectivity index (χ1) is 11.1. The van der Waals surface area contributed by atoms with E-state index in [0.717, 1.165) is 31.9 Å². The van der Waals surface area contributed by atoms with Gasteiger partial charge in [-0.3, -0.25) is 0 Å². The van der Waals surface area contributed by atoms with E-state index in [9.17, 15) is 0 Å². The van der Waals surface area contributed by atoms with Crippen LogP contribution in [-0.4, -0.2) is 8.75 Å². The number of nitrogens with zero attached hydrogens (tertiary/aromatic N) is 2. The molecule has 116 valence electrons. The molecule has 4 rings (SSSR count). The molecule has 0 aliphatic heterocycles. The average Bonchev–Trinajstić information content (AvgIpc) is 3.23. The SMILES string of the molecule is Cc1csc(-c2c(Cl)c(Cl)c(-c3cc(C)cs3)c3nsnc23)c1. The van der Waals surface area contributed by atoms with Crippen LogP contribution >= 0.6 is 57.6 Å². The van der Waals surface area contributed by atoms with Crippen LogP contribution in [0.25, 0.3) is 31.9 Å². The van der Waals surface area contributed by atoms with Crippen LogP contribution in [0.15, 0.2) is 22.9 Å². The van der Waals surface area contributed by atoms with Gasteiger partial charge in [0, 0.05) is 20.9 Å². The fraction of sp³-hybridized carbons (Fsp3) is 0.125. The first kappa shape index (κ1) is 15.5. The fourth-order valence-electron chi connectivity index (χ4n) is 2.52. The van der Waals surface area contributed by atoms with Crippen LogP contribution in [0.1, 0.15) is 11.1 Å². The van der Waals surface area contributed by atoms with E-state index >= 15 is 0 Å². The Kier molecular flexibility index (Phi) is 3.94. The van der Waals surface area contributed by atoms with Crippen LogP contribution in [0, 0.1) is 13.8 Å². The van der Waals surface area contributed by atoms with Gasteiger partial charge in [-0.1, -0.05) is 23.2 Å². The van der Waals surface area contributed by atoms with Gasteiger partial charge in [-0.25, -0.2) is 0 Å². The van der Waals surface area contributed by atoms with Gasteiger partial charge in [0.15, 0.2) is 0 Å². The van der Waals surface area contributed by atoms with Gasteiger partial charge in [0.2, 0.25) is 0 Å². The highest BCUT2D eigenvalue weighted by atomic mass is 35.5. The van der Waals surface area contributed by atoms with Gasteiger partial charge in [0.1, 0.15) is 11.0 Å². The topological polar surface area (TPSA) is 25.8 Å². The maximum absolute atomic E-state index is 6.65. The Morgan fingerprint density at radius 3 is 1.57 bits per heavy atom. The van der Waals surface area contributed by atoms with Crippen LogP contribution in [0.4, 0.5) is 0 Å². The van der Waals surface area contributed by atoms with Crippen molar-refractivity contribution in [1.82, 2.24) is 8.75 Å². The van der Waals surface area contributed by atoms with Crippen molar-refractivity contribution in [3.05, 3.63) is 44.1 Å². The second-order valence-electron chi connectivity index (χ2n) is 5.32. The lowest BCUT2D eigenvalue weighted by atomic mass is 10.0. The first-order valence-electron chi connectivity index (χ1n) is 6.80. The number of rotatable bonds is 2. The zero-order chi connectivity index (χ0) is 16.1. The van der Waals surface area contributed by atoms with Crippen LogP contribution in [0.2, 0.25) is 10.0 Å². The van der Waals surface area contributed by atoms with Gasteiger partial charge in [0.05, 0.1) is 21.8 Å². The molecule has 0 N–H and O–H groups in total. The summed E-state index contributed by atoms with van der Waals surface area (Å²) in [6.07, 6.45) is 0. The maximum atomic E-state index is 6.65. The molecule has 0 amide bonds. The molecule has 0 saturated carbocycles. The van der Waals surface area contributed by atoms with E-state index in [1.54, 1.807) is 22.7 Å². The number of fused-ring (bicyclic) bond motifs is 1. The van der Waals surface area contributed by atoms with Crippen LogP contribution < -0.4 is 0 Å². The van der Waals surface area contributed by atoms with E-state index in [-0.39, 0.29) is 0 Å². The minimum absolute atomic E-state index is 0.551. The summed E-state index contributed by atoms with van der Waals surface area (Å²) in [6.45, 7) is 4.13. The fourth-order valence-corrected chi connectivity index (χ4v) is 5.66. The molecule has 0 aliphatic carbocycles. The summed E-state index contributed by atoms with van der Waals surface area (Å²) < 4.78 is 9.00. The third-order valence-electron chi connectivity index (χ3n) is 3.55. The highest BCUT2D eigenvalue weighted by molar-refractivity contribution is 7.14. The average molecular weight is 397 g/mol. The van der Waals surface area contributed by atoms with Gasteiger partial charge >= 0.3 is 0 Å². The molecule has 1 aromatic carbocycles. The number of hydrogen-bond acceptors (Lipinski definition) is 5. The molecule has 0 unspecified atom stereocenters. The van der Waals surface area contributed by atoms with Crippen molar-refractivity contribution < 1.29 is 0 Å². The number of aromatic nitrogens is 2. The molecule has 0 radical (unpaired) electrons.